The number of nitrogens with zero attached hydrogens (tertiary/aromatic N) is 2. The van der Waals surface area contributed by atoms with E-state index in [2.05, 4.69) is 9.97 Å². The smallest absolute Gasteiger partial charge is 0.222 e. The maximum absolute atomic E-state index is 5.76. The van der Waals surface area contributed by atoms with E-state index in [0.717, 1.165) is 10.7 Å². The molecule has 78 valence electrons. The Morgan fingerprint density at radius 1 is 1.47 bits per heavy atom. The summed E-state index contributed by atoms with van der Waals surface area (Å²) in [4.78, 5) is 8.82. The molecule has 0 atom stereocenters. The first-order chi connectivity index (χ1) is 7.15. The molecule has 0 bridgehead atoms. The van der Waals surface area contributed by atoms with Gasteiger partial charge in [-0.1, -0.05) is 23.4 Å². The van der Waals surface area contributed by atoms with Gasteiger partial charge in [-0.15, -0.1) is 0 Å². The van der Waals surface area contributed by atoms with E-state index in [1.54, 1.807) is 12.3 Å². The van der Waals surface area contributed by atoms with Crippen LogP contribution in [0.5, 0.6) is 0 Å². The van der Waals surface area contributed by atoms with Crippen molar-refractivity contribution < 1.29 is 4.42 Å². The molecular formula is C9H8ClN3OS. The van der Waals surface area contributed by atoms with Gasteiger partial charge in [-0.05, 0) is 13.0 Å². The average Bonchev–Trinajstić information content (AvgIpc) is 2.50. The summed E-state index contributed by atoms with van der Waals surface area (Å²) in [5, 5.41) is 1.04. The second-order valence-corrected chi connectivity index (χ2v) is 4.28. The van der Waals surface area contributed by atoms with Crippen LogP contribution in [0.25, 0.3) is 0 Å². The number of anilines is 1. The zero-order chi connectivity index (χ0) is 10.8. The molecule has 0 saturated heterocycles. The van der Waals surface area contributed by atoms with Crippen molar-refractivity contribution in [2.24, 2.45) is 0 Å². The minimum Gasteiger partial charge on any atom is -0.468 e. The summed E-state index contributed by atoms with van der Waals surface area (Å²) in [6, 6.07) is 3.53. The lowest BCUT2D eigenvalue weighted by atomic mass is 10.5. The number of furan rings is 1. The zero-order valence-electron chi connectivity index (χ0n) is 7.90. The number of hydrogen-bond acceptors (Lipinski definition) is 5. The predicted molar refractivity (Wildman–Crippen MR) is 59.0 cm³/mol. The standard InChI is InChI=1S/C9H8ClN3OS/c1-5-6(2-3-14-5)15-8-4-7(10)12-9(11)13-8/h2-4H,1H3,(H2,11,12,13). The first-order valence-corrected chi connectivity index (χ1v) is 5.36. The third-order valence-electron chi connectivity index (χ3n) is 1.71. The fraction of sp³-hybridized carbons (Fsp3) is 0.111. The SMILES string of the molecule is Cc1occc1Sc1cc(Cl)nc(N)n1. The Kier molecular flexibility index (Phi) is 2.83. The highest BCUT2D eigenvalue weighted by molar-refractivity contribution is 7.99. The van der Waals surface area contributed by atoms with Crippen molar-refractivity contribution in [2.45, 2.75) is 16.8 Å². The summed E-state index contributed by atoms with van der Waals surface area (Å²) < 4.78 is 5.17. The summed E-state index contributed by atoms with van der Waals surface area (Å²) in [5.41, 5.74) is 5.48. The van der Waals surface area contributed by atoms with Crippen LogP contribution in [-0.4, -0.2) is 9.97 Å². The monoisotopic (exact) mass is 241 g/mol. The van der Waals surface area contributed by atoms with E-state index in [-0.39, 0.29) is 5.95 Å². The first-order valence-electron chi connectivity index (χ1n) is 4.17. The Hall–Kier alpha value is -1.20. The van der Waals surface area contributed by atoms with E-state index >= 15 is 0 Å². The van der Waals surface area contributed by atoms with E-state index in [1.807, 2.05) is 13.0 Å². The third-order valence-corrected chi connectivity index (χ3v) is 2.97. The lowest BCUT2D eigenvalue weighted by molar-refractivity contribution is 0.527. The predicted octanol–water partition coefficient (Wildman–Crippen LogP) is 2.76. The van der Waals surface area contributed by atoms with Crippen LogP contribution in [-0.2, 0) is 0 Å². The fourth-order valence-electron chi connectivity index (χ4n) is 1.06. The van der Waals surface area contributed by atoms with Gasteiger partial charge in [0.25, 0.3) is 0 Å². The summed E-state index contributed by atoms with van der Waals surface area (Å²) in [7, 11) is 0. The van der Waals surface area contributed by atoms with Crippen molar-refractivity contribution in [1.82, 2.24) is 9.97 Å². The van der Waals surface area contributed by atoms with Crippen LogP contribution in [0.1, 0.15) is 5.76 Å². The van der Waals surface area contributed by atoms with Crippen LogP contribution in [0, 0.1) is 6.92 Å². The summed E-state index contributed by atoms with van der Waals surface area (Å²) >= 11 is 7.20. The highest BCUT2D eigenvalue weighted by Gasteiger charge is 2.06. The Bertz CT molecular complexity index is 466. The maximum Gasteiger partial charge on any atom is 0.222 e. The molecule has 0 spiro atoms. The third kappa shape index (κ3) is 2.43. The summed E-state index contributed by atoms with van der Waals surface area (Å²) in [6.45, 7) is 1.88. The molecule has 0 aliphatic heterocycles. The quantitative estimate of drug-likeness (QED) is 0.819. The number of aromatic nitrogens is 2. The molecule has 2 rings (SSSR count). The van der Waals surface area contributed by atoms with Gasteiger partial charge in [-0.25, -0.2) is 9.97 Å². The van der Waals surface area contributed by atoms with Crippen molar-refractivity contribution in [3.8, 4) is 0 Å². The minimum atomic E-state index is 0.172. The molecule has 0 aliphatic rings. The van der Waals surface area contributed by atoms with Crippen LogP contribution in [0.4, 0.5) is 5.95 Å². The Balaban J connectivity index is 2.28. The van der Waals surface area contributed by atoms with Crippen LogP contribution >= 0.6 is 23.4 Å². The van der Waals surface area contributed by atoms with E-state index in [1.165, 1.54) is 11.8 Å². The number of rotatable bonds is 2. The lowest BCUT2D eigenvalue weighted by Crippen LogP contribution is -1.95. The molecule has 2 heterocycles. The van der Waals surface area contributed by atoms with E-state index in [9.17, 15) is 0 Å². The molecule has 0 radical (unpaired) electrons. The largest absolute Gasteiger partial charge is 0.468 e. The molecule has 4 nitrogen and oxygen atoms in total. The van der Waals surface area contributed by atoms with Gasteiger partial charge in [0, 0.05) is 6.07 Å². The van der Waals surface area contributed by atoms with Gasteiger partial charge in [0.2, 0.25) is 5.95 Å². The molecule has 6 heteroatoms. The highest BCUT2D eigenvalue weighted by atomic mass is 35.5. The number of nitrogen functional groups attached to an aromatic ring is 1. The van der Waals surface area contributed by atoms with Gasteiger partial charge in [0.15, 0.2) is 0 Å². The van der Waals surface area contributed by atoms with Crippen molar-refractivity contribution in [2.75, 3.05) is 5.73 Å². The van der Waals surface area contributed by atoms with Crippen molar-refractivity contribution in [3.05, 3.63) is 29.3 Å². The fourth-order valence-corrected chi connectivity index (χ4v) is 2.16. The summed E-state index contributed by atoms with van der Waals surface area (Å²) in [5.74, 6) is 1.01. The van der Waals surface area contributed by atoms with E-state index in [4.69, 9.17) is 21.8 Å². The number of halogens is 1. The van der Waals surface area contributed by atoms with Crippen molar-refractivity contribution in [1.29, 1.82) is 0 Å². The molecule has 0 amide bonds. The molecule has 0 unspecified atom stereocenters. The first kappa shape index (κ1) is 10.3. The van der Waals surface area contributed by atoms with Gasteiger partial charge in [-0.2, -0.15) is 0 Å². The van der Waals surface area contributed by atoms with E-state index in [0.29, 0.717) is 10.2 Å². The minimum absolute atomic E-state index is 0.172. The van der Waals surface area contributed by atoms with Gasteiger partial charge in [0.05, 0.1) is 11.2 Å². The number of aryl methyl sites for hydroxylation is 1. The van der Waals surface area contributed by atoms with Gasteiger partial charge < -0.3 is 10.2 Å². The molecule has 2 N–H and O–H groups in total. The van der Waals surface area contributed by atoms with Crippen molar-refractivity contribution >= 4 is 29.3 Å². The van der Waals surface area contributed by atoms with Crippen molar-refractivity contribution in [3.63, 3.8) is 0 Å². The van der Waals surface area contributed by atoms with Crippen LogP contribution in [0.3, 0.4) is 0 Å². The molecule has 15 heavy (non-hydrogen) atoms. The Labute approximate surface area is 95.9 Å². The van der Waals surface area contributed by atoms with Crippen LogP contribution < -0.4 is 5.73 Å². The second-order valence-electron chi connectivity index (χ2n) is 2.83. The lowest BCUT2D eigenvalue weighted by Gasteiger charge is -2.00. The average molecular weight is 242 g/mol. The molecule has 0 fully saturated rings. The molecule has 2 aromatic rings. The molecule has 0 aromatic carbocycles. The topological polar surface area (TPSA) is 64.9 Å². The van der Waals surface area contributed by atoms with Crippen LogP contribution in [0.15, 0.2) is 32.7 Å². The Morgan fingerprint density at radius 2 is 2.27 bits per heavy atom. The number of nitrogens with two attached hydrogens (primary N) is 1. The van der Waals surface area contributed by atoms with E-state index < -0.39 is 0 Å². The Morgan fingerprint density at radius 3 is 2.87 bits per heavy atom. The highest BCUT2D eigenvalue weighted by Crippen LogP contribution is 2.30. The summed E-state index contributed by atoms with van der Waals surface area (Å²) in [6.07, 6.45) is 1.63. The second kappa shape index (κ2) is 4.12. The molecule has 2 aromatic heterocycles. The normalized spacial score (nSPS) is 10.5. The van der Waals surface area contributed by atoms with Gasteiger partial charge in [0.1, 0.15) is 15.9 Å². The maximum atomic E-state index is 5.76. The van der Waals surface area contributed by atoms with Crippen LogP contribution in [0.2, 0.25) is 5.15 Å². The molecule has 0 aliphatic carbocycles. The number of hydrogen-bond donors (Lipinski definition) is 1. The van der Waals surface area contributed by atoms with Gasteiger partial charge >= 0.3 is 0 Å². The molecule has 0 saturated carbocycles. The molecular weight excluding hydrogens is 234 g/mol. The van der Waals surface area contributed by atoms with Gasteiger partial charge in [-0.3, -0.25) is 0 Å². The zero-order valence-corrected chi connectivity index (χ0v) is 9.47.